The van der Waals surface area contributed by atoms with Crippen molar-refractivity contribution in [3.8, 4) is 11.3 Å². The van der Waals surface area contributed by atoms with Crippen molar-refractivity contribution in [2.24, 2.45) is 0 Å². The molecule has 0 amide bonds. The third kappa shape index (κ3) is 2.94. The number of rotatable bonds is 3. The van der Waals surface area contributed by atoms with Crippen LogP contribution >= 0.6 is 11.3 Å². The fraction of sp³-hybridized carbons (Fsp3) is 0.409. The second-order valence-electron chi connectivity index (χ2n) is 7.85. The van der Waals surface area contributed by atoms with Crippen LogP contribution in [0, 0.1) is 0 Å². The zero-order chi connectivity index (χ0) is 18.3. The molecule has 0 bridgehead atoms. The standard InChI is InChI=1S/C22H26N4S/c1-24-12-13-26-20(19-5-3-2-4-6-19)15-23-21(26)22(24)8-10-25(11-9-22)16-18-7-14-27-17-18/h2-7,14-15,17H,8-13,16H2,1H3. The topological polar surface area (TPSA) is 24.3 Å². The van der Waals surface area contributed by atoms with Gasteiger partial charge >= 0.3 is 0 Å². The summed E-state index contributed by atoms with van der Waals surface area (Å²) in [4.78, 5) is 10.1. The predicted octanol–water partition coefficient (Wildman–Crippen LogP) is 4.05. The summed E-state index contributed by atoms with van der Waals surface area (Å²) < 4.78 is 2.48. The molecule has 1 aromatic carbocycles. The molecule has 3 aromatic rings. The molecule has 0 aliphatic carbocycles. The van der Waals surface area contributed by atoms with Gasteiger partial charge in [0.25, 0.3) is 0 Å². The molecule has 0 atom stereocenters. The largest absolute Gasteiger partial charge is 0.325 e. The number of hydrogen-bond acceptors (Lipinski definition) is 4. The van der Waals surface area contributed by atoms with Crippen LogP contribution in [0.4, 0.5) is 0 Å². The molecule has 2 aliphatic rings. The van der Waals surface area contributed by atoms with Gasteiger partial charge in [-0.3, -0.25) is 9.80 Å². The first kappa shape index (κ1) is 17.2. The van der Waals surface area contributed by atoms with Crippen LogP contribution in [-0.4, -0.2) is 46.0 Å². The minimum Gasteiger partial charge on any atom is -0.325 e. The maximum absolute atomic E-state index is 4.97. The van der Waals surface area contributed by atoms with Gasteiger partial charge in [-0.2, -0.15) is 11.3 Å². The molecular weight excluding hydrogens is 352 g/mol. The number of aromatic nitrogens is 2. The number of imidazole rings is 1. The molecule has 1 spiro atoms. The van der Waals surface area contributed by atoms with Crippen LogP contribution < -0.4 is 0 Å². The van der Waals surface area contributed by atoms with Gasteiger partial charge in [0.1, 0.15) is 5.82 Å². The van der Waals surface area contributed by atoms with Crippen molar-refractivity contribution in [3.63, 3.8) is 0 Å². The summed E-state index contributed by atoms with van der Waals surface area (Å²) in [5, 5.41) is 4.45. The van der Waals surface area contributed by atoms with E-state index in [9.17, 15) is 0 Å². The van der Waals surface area contributed by atoms with Gasteiger partial charge in [0.2, 0.25) is 0 Å². The number of likely N-dealkylation sites (N-methyl/N-ethyl adjacent to an activating group) is 1. The van der Waals surface area contributed by atoms with Crippen molar-refractivity contribution >= 4 is 11.3 Å². The summed E-state index contributed by atoms with van der Waals surface area (Å²) in [6, 6.07) is 12.9. The van der Waals surface area contributed by atoms with Gasteiger partial charge in [0.15, 0.2) is 0 Å². The van der Waals surface area contributed by atoms with Crippen LogP contribution in [0.25, 0.3) is 11.3 Å². The average molecular weight is 379 g/mol. The van der Waals surface area contributed by atoms with Crippen LogP contribution in [0.3, 0.4) is 0 Å². The Labute approximate surface area is 165 Å². The van der Waals surface area contributed by atoms with Crippen molar-refractivity contribution in [2.75, 3.05) is 26.7 Å². The van der Waals surface area contributed by atoms with Crippen molar-refractivity contribution in [2.45, 2.75) is 31.5 Å². The van der Waals surface area contributed by atoms with E-state index in [1.807, 2.05) is 0 Å². The zero-order valence-corrected chi connectivity index (χ0v) is 16.7. The van der Waals surface area contributed by atoms with E-state index >= 15 is 0 Å². The molecule has 27 heavy (non-hydrogen) atoms. The molecule has 4 heterocycles. The van der Waals surface area contributed by atoms with E-state index in [2.05, 4.69) is 74.8 Å². The highest BCUT2D eigenvalue weighted by molar-refractivity contribution is 7.07. The van der Waals surface area contributed by atoms with Gasteiger partial charge in [-0.05, 0) is 47.8 Å². The Hall–Kier alpha value is -1.95. The van der Waals surface area contributed by atoms with Gasteiger partial charge in [0.05, 0.1) is 17.4 Å². The number of hydrogen-bond donors (Lipinski definition) is 0. The first-order valence-electron chi connectivity index (χ1n) is 9.82. The fourth-order valence-corrected chi connectivity index (χ4v) is 5.43. The Kier molecular flexibility index (Phi) is 4.38. The maximum atomic E-state index is 4.97. The van der Waals surface area contributed by atoms with Crippen molar-refractivity contribution in [3.05, 3.63) is 64.7 Å². The molecule has 1 saturated heterocycles. The van der Waals surface area contributed by atoms with Crippen LogP contribution in [0.5, 0.6) is 0 Å². The highest BCUT2D eigenvalue weighted by Gasteiger charge is 2.45. The molecule has 0 N–H and O–H groups in total. The minimum absolute atomic E-state index is 0.0798. The highest BCUT2D eigenvalue weighted by Crippen LogP contribution is 2.41. The number of nitrogens with zero attached hydrogens (tertiary/aromatic N) is 4. The Bertz CT molecular complexity index is 892. The molecule has 1 fully saturated rings. The van der Waals surface area contributed by atoms with Crippen molar-refractivity contribution in [1.29, 1.82) is 0 Å². The number of likely N-dealkylation sites (tertiary alicyclic amines) is 1. The summed E-state index contributed by atoms with van der Waals surface area (Å²) in [5.41, 5.74) is 4.06. The van der Waals surface area contributed by atoms with E-state index in [1.165, 1.54) is 22.6 Å². The molecule has 5 heteroatoms. The molecule has 2 aromatic heterocycles. The van der Waals surface area contributed by atoms with Gasteiger partial charge in [-0.25, -0.2) is 4.98 Å². The van der Waals surface area contributed by atoms with Crippen LogP contribution in [-0.2, 0) is 18.6 Å². The van der Waals surface area contributed by atoms with E-state index in [0.717, 1.165) is 45.6 Å². The Morgan fingerprint density at radius 3 is 2.59 bits per heavy atom. The first-order chi connectivity index (χ1) is 13.3. The highest BCUT2D eigenvalue weighted by atomic mass is 32.1. The number of piperidine rings is 1. The summed E-state index contributed by atoms with van der Waals surface area (Å²) in [5.74, 6) is 1.27. The van der Waals surface area contributed by atoms with Gasteiger partial charge < -0.3 is 4.57 Å². The number of thiophene rings is 1. The van der Waals surface area contributed by atoms with Crippen LogP contribution in [0.1, 0.15) is 24.2 Å². The molecule has 5 rings (SSSR count). The number of fused-ring (bicyclic) bond motifs is 2. The van der Waals surface area contributed by atoms with E-state index in [1.54, 1.807) is 11.3 Å². The maximum Gasteiger partial charge on any atom is 0.129 e. The van der Waals surface area contributed by atoms with E-state index in [4.69, 9.17) is 4.98 Å². The molecule has 0 unspecified atom stereocenters. The number of benzene rings is 1. The first-order valence-corrected chi connectivity index (χ1v) is 10.8. The van der Waals surface area contributed by atoms with Gasteiger partial charge in [0, 0.05) is 32.7 Å². The van der Waals surface area contributed by atoms with Crippen LogP contribution in [0.2, 0.25) is 0 Å². The lowest BCUT2D eigenvalue weighted by molar-refractivity contribution is 0.00703. The Balaban J connectivity index is 1.42. The summed E-state index contributed by atoms with van der Waals surface area (Å²) in [6.45, 7) is 5.46. The van der Waals surface area contributed by atoms with Gasteiger partial charge in [-0.1, -0.05) is 30.3 Å². The normalized spacial score (nSPS) is 20.0. The molecule has 0 radical (unpaired) electrons. The van der Waals surface area contributed by atoms with Gasteiger partial charge in [-0.15, -0.1) is 0 Å². The summed E-state index contributed by atoms with van der Waals surface area (Å²) in [6.07, 6.45) is 4.39. The van der Waals surface area contributed by atoms with Crippen molar-refractivity contribution < 1.29 is 0 Å². The molecule has 0 saturated carbocycles. The molecular formula is C22H26N4S. The lowest BCUT2D eigenvalue weighted by atomic mass is 9.83. The molecule has 4 nitrogen and oxygen atoms in total. The Morgan fingerprint density at radius 2 is 1.85 bits per heavy atom. The molecule has 2 aliphatic heterocycles. The second kappa shape index (κ2) is 6.89. The molecule has 140 valence electrons. The van der Waals surface area contributed by atoms with Crippen LogP contribution in [0.15, 0.2) is 53.4 Å². The van der Waals surface area contributed by atoms with E-state index in [-0.39, 0.29) is 5.54 Å². The summed E-state index contributed by atoms with van der Waals surface area (Å²) in [7, 11) is 2.29. The average Bonchev–Trinajstić information content (AvgIpc) is 3.37. The minimum atomic E-state index is 0.0798. The lowest BCUT2D eigenvalue weighted by Gasteiger charge is -2.49. The predicted molar refractivity (Wildman–Crippen MR) is 111 cm³/mol. The third-order valence-electron chi connectivity index (χ3n) is 6.40. The fourth-order valence-electron chi connectivity index (χ4n) is 4.77. The lowest BCUT2D eigenvalue weighted by Crippen LogP contribution is -2.56. The quantitative estimate of drug-likeness (QED) is 0.687. The Morgan fingerprint density at radius 1 is 1.04 bits per heavy atom. The third-order valence-corrected chi connectivity index (χ3v) is 7.13. The monoisotopic (exact) mass is 378 g/mol. The van der Waals surface area contributed by atoms with E-state index < -0.39 is 0 Å². The second-order valence-corrected chi connectivity index (χ2v) is 8.63. The SMILES string of the molecule is CN1CCn2c(-c3ccccc3)cnc2C12CCN(Cc1ccsc1)CC2. The van der Waals surface area contributed by atoms with Crippen molar-refractivity contribution in [1.82, 2.24) is 19.4 Å². The van der Waals surface area contributed by atoms with E-state index in [0.29, 0.717) is 0 Å². The summed E-state index contributed by atoms with van der Waals surface area (Å²) >= 11 is 1.79. The zero-order valence-electron chi connectivity index (χ0n) is 15.8. The smallest absolute Gasteiger partial charge is 0.129 e.